The molecule has 1 saturated carbocycles. The zero-order valence-electron chi connectivity index (χ0n) is 18.0. The van der Waals surface area contributed by atoms with Crippen molar-refractivity contribution in [3.8, 4) is 11.5 Å². The lowest BCUT2D eigenvalue weighted by atomic mass is 9.86. The summed E-state index contributed by atoms with van der Waals surface area (Å²) in [5.41, 5.74) is -0.608. The molecule has 0 radical (unpaired) electrons. The van der Waals surface area contributed by atoms with Crippen LogP contribution in [0.1, 0.15) is 52.9 Å². The molecule has 1 aromatic carbocycles. The summed E-state index contributed by atoms with van der Waals surface area (Å²) in [4.78, 5) is 40.6. The Morgan fingerprint density at radius 2 is 1.80 bits per heavy atom. The molecule has 2 unspecified atom stereocenters. The molecule has 0 bridgehead atoms. The molecule has 2 aromatic rings. The van der Waals surface area contributed by atoms with Gasteiger partial charge < -0.3 is 19.8 Å². The summed E-state index contributed by atoms with van der Waals surface area (Å²) in [7, 11) is 0. The Labute approximate surface area is 175 Å². The van der Waals surface area contributed by atoms with Crippen molar-refractivity contribution in [1.82, 2.24) is 14.9 Å². The molecule has 1 aliphatic rings. The molecule has 1 fully saturated rings. The molecular weight excluding hydrogens is 386 g/mol. The van der Waals surface area contributed by atoms with Crippen LogP contribution in [-0.4, -0.2) is 34.7 Å². The van der Waals surface area contributed by atoms with Gasteiger partial charge in [0, 0.05) is 25.1 Å². The van der Waals surface area contributed by atoms with Crippen LogP contribution in [0.5, 0.6) is 11.5 Å². The molecule has 0 spiro atoms. The van der Waals surface area contributed by atoms with E-state index in [1.54, 1.807) is 12.1 Å². The number of fused-ring (bicyclic) bond motifs is 1. The summed E-state index contributed by atoms with van der Waals surface area (Å²) >= 11 is 0. The highest BCUT2D eigenvalue weighted by Crippen LogP contribution is 2.30. The number of H-pyrrole nitrogens is 1. The van der Waals surface area contributed by atoms with E-state index in [4.69, 9.17) is 9.47 Å². The van der Waals surface area contributed by atoms with Crippen molar-refractivity contribution in [2.45, 2.75) is 65.5 Å². The Morgan fingerprint density at radius 1 is 1.13 bits per heavy atom. The number of hydrogen-bond donors (Lipinski definition) is 2. The molecule has 164 valence electrons. The van der Waals surface area contributed by atoms with Crippen molar-refractivity contribution in [1.29, 1.82) is 0 Å². The van der Waals surface area contributed by atoms with E-state index in [9.17, 15) is 14.4 Å². The quantitative estimate of drug-likeness (QED) is 0.687. The van der Waals surface area contributed by atoms with Gasteiger partial charge in [0.05, 0.1) is 24.1 Å². The van der Waals surface area contributed by atoms with Gasteiger partial charge in [-0.15, -0.1) is 0 Å². The van der Waals surface area contributed by atoms with Crippen molar-refractivity contribution in [3.05, 3.63) is 33.0 Å². The second kappa shape index (κ2) is 9.82. The van der Waals surface area contributed by atoms with Crippen molar-refractivity contribution >= 4 is 16.8 Å². The molecule has 1 aliphatic carbocycles. The molecule has 0 saturated heterocycles. The lowest BCUT2D eigenvalue weighted by Crippen LogP contribution is -2.42. The number of aromatic amines is 1. The minimum absolute atomic E-state index is 0.0220. The number of rotatable bonds is 8. The number of nitrogens with zero attached hydrogens (tertiary/aromatic N) is 1. The maximum Gasteiger partial charge on any atom is 0.328 e. The van der Waals surface area contributed by atoms with E-state index in [1.807, 2.05) is 13.8 Å². The zero-order chi connectivity index (χ0) is 21.7. The Hall–Kier alpha value is -2.77. The number of carbonyl (C=O) groups is 1. The molecule has 8 nitrogen and oxygen atoms in total. The summed E-state index contributed by atoms with van der Waals surface area (Å²) in [5, 5.41) is 3.38. The van der Waals surface area contributed by atoms with Crippen LogP contribution in [0.4, 0.5) is 0 Å². The summed E-state index contributed by atoms with van der Waals surface area (Å²) in [6.07, 6.45) is 4.48. The van der Waals surface area contributed by atoms with Gasteiger partial charge in [-0.05, 0) is 38.7 Å². The van der Waals surface area contributed by atoms with Gasteiger partial charge in [0.25, 0.3) is 5.56 Å². The average Bonchev–Trinajstić information content (AvgIpc) is 2.71. The Balaban J connectivity index is 1.81. The number of aromatic nitrogens is 2. The molecule has 1 heterocycles. The van der Waals surface area contributed by atoms with Crippen LogP contribution in [0, 0.1) is 5.92 Å². The summed E-state index contributed by atoms with van der Waals surface area (Å²) in [6, 6.07) is 3.36. The van der Waals surface area contributed by atoms with Crippen molar-refractivity contribution < 1.29 is 14.3 Å². The highest BCUT2D eigenvalue weighted by molar-refractivity contribution is 5.81. The fourth-order valence-electron chi connectivity index (χ4n) is 4.02. The number of amides is 1. The molecule has 0 aliphatic heterocycles. The topological polar surface area (TPSA) is 102 Å². The third kappa shape index (κ3) is 4.86. The highest BCUT2D eigenvalue weighted by Gasteiger charge is 2.23. The van der Waals surface area contributed by atoms with Crippen molar-refractivity contribution in [2.75, 3.05) is 13.2 Å². The SMILES string of the molecule is CCOc1cc2[nH]c(=O)n(CCC(=O)NC3CCCCC3C)c(=O)c2cc1OCC. The number of carbonyl (C=O) groups excluding carboxylic acids is 1. The summed E-state index contributed by atoms with van der Waals surface area (Å²) in [6.45, 7) is 6.71. The third-order valence-electron chi connectivity index (χ3n) is 5.67. The fourth-order valence-corrected chi connectivity index (χ4v) is 4.02. The van der Waals surface area contributed by atoms with Crippen LogP contribution in [0.25, 0.3) is 10.9 Å². The van der Waals surface area contributed by atoms with Gasteiger partial charge in [0.15, 0.2) is 11.5 Å². The average molecular weight is 418 g/mol. The van der Waals surface area contributed by atoms with Crippen LogP contribution >= 0.6 is 0 Å². The number of hydrogen-bond acceptors (Lipinski definition) is 5. The third-order valence-corrected chi connectivity index (χ3v) is 5.67. The van der Waals surface area contributed by atoms with E-state index in [1.165, 1.54) is 6.42 Å². The lowest BCUT2D eigenvalue weighted by Gasteiger charge is -2.29. The first-order chi connectivity index (χ1) is 14.4. The summed E-state index contributed by atoms with van der Waals surface area (Å²) in [5.74, 6) is 1.24. The second-order valence-electron chi connectivity index (χ2n) is 7.78. The van der Waals surface area contributed by atoms with E-state index in [2.05, 4.69) is 17.2 Å². The Bertz CT molecular complexity index is 1010. The minimum Gasteiger partial charge on any atom is -0.490 e. The standard InChI is InChI=1S/C22H31N3O5/c1-4-29-18-12-15-17(13-19(18)30-5-2)24-22(28)25(21(15)27)11-10-20(26)23-16-9-7-6-8-14(16)3/h12-14,16H,4-11H2,1-3H3,(H,23,26)(H,24,28). The van der Waals surface area contributed by atoms with Gasteiger partial charge in [-0.25, -0.2) is 4.79 Å². The fraction of sp³-hybridized carbons (Fsp3) is 0.591. The smallest absolute Gasteiger partial charge is 0.328 e. The molecule has 8 heteroatoms. The van der Waals surface area contributed by atoms with Crippen LogP contribution < -0.4 is 26.0 Å². The number of ether oxygens (including phenoxy) is 2. The normalized spacial score (nSPS) is 18.9. The van der Waals surface area contributed by atoms with E-state index in [-0.39, 0.29) is 24.9 Å². The van der Waals surface area contributed by atoms with Gasteiger partial charge in [-0.1, -0.05) is 19.8 Å². The maximum atomic E-state index is 12.9. The largest absolute Gasteiger partial charge is 0.490 e. The first kappa shape index (κ1) is 21.9. The van der Waals surface area contributed by atoms with Crippen LogP contribution in [0.15, 0.2) is 21.7 Å². The van der Waals surface area contributed by atoms with E-state index >= 15 is 0 Å². The number of nitrogens with one attached hydrogen (secondary N) is 2. The highest BCUT2D eigenvalue weighted by atomic mass is 16.5. The molecule has 1 amide bonds. The van der Waals surface area contributed by atoms with Gasteiger partial charge in [0.1, 0.15) is 0 Å². The molecule has 30 heavy (non-hydrogen) atoms. The minimum atomic E-state index is -0.544. The zero-order valence-corrected chi connectivity index (χ0v) is 18.0. The Kier molecular flexibility index (Phi) is 7.18. The van der Waals surface area contributed by atoms with E-state index in [0.29, 0.717) is 41.5 Å². The second-order valence-corrected chi connectivity index (χ2v) is 7.78. The van der Waals surface area contributed by atoms with Crippen molar-refractivity contribution in [3.63, 3.8) is 0 Å². The molecule has 2 atom stereocenters. The Morgan fingerprint density at radius 3 is 2.47 bits per heavy atom. The van der Waals surface area contributed by atoms with Gasteiger partial charge in [-0.3, -0.25) is 14.2 Å². The first-order valence-corrected chi connectivity index (χ1v) is 10.8. The maximum absolute atomic E-state index is 12.9. The summed E-state index contributed by atoms with van der Waals surface area (Å²) < 4.78 is 12.2. The predicted molar refractivity (Wildman–Crippen MR) is 115 cm³/mol. The monoisotopic (exact) mass is 417 g/mol. The predicted octanol–water partition coefficient (Wildman–Crippen LogP) is 2.57. The van der Waals surface area contributed by atoms with Gasteiger partial charge in [-0.2, -0.15) is 0 Å². The first-order valence-electron chi connectivity index (χ1n) is 10.8. The van der Waals surface area contributed by atoms with Gasteiger partial charge in [0.2, 0.25) is 5.91 Å². The molecule has 3 rings (SSSR count). The molecule has 2 N–H and O–H groups in total. The van der Waals surface area contributed by atoms with E-state index in [0.717, 1.165) is 23.8 Å². The van der Waals surface area contributed by atoms with Crippen LogP contribution in [0.2, 0.25) is 0 Å². The van der Waals surface area contributed by atoms with Crippen molar-refractivity contribution in [2.24, 2.45) is 5.92 Å². The molecule has 1 aromatic heterocycles. The number of benzene rings is 1. The molecular formula is C22H31N3O5. The van der Waals surface area contributed by atoms with Crippen LogP contribution in [-0.2, 0) is 11.3 Å². The van der Waals surface area contributed by atoms with Gasteiger partial charge >= 0.3 is 5.69 Å². The lowest BCUT2D eigenvalue weighted by molar-refractivity contribution is -0.122. The van der Waals surface area contributed by atoms with Crippen LogP contribution in [0.3, 0.4) is 0 Å². The van der Waals surface area contributed by atoms with E-state index < -0.39 is 11.2 Å².